The lowest BCUT2D eigenvalue weighted by molar-refractivity contribution is -0.288. The van der Waals surface area contributed by atoms with Gasteiger partial charge in [-0.15, -0.1) is 0 Å². The Hall–Kier alpha value is -0.530. The highest BCUT2D eigenvalue weighted by atomic mass is 16.3. The molecule has 4 aliphatic carbocycles. The molecule has 4 rings (SSSR count). The number of Topliss-reactive ketones (excluding diaryl/α,β-unsaturated/α-hetero) is 1. The van der Waals surface area contributed by atoms with Crippen LogP contribution in [0.1, 0.15) is 46.5 Å². The zero-order valence-electron chi connectivity index (χ0n) is 15.8. The van der Waals surface area contributed by atoms with Gasteiger partial charge in [-0.2, -0.15) is 0 Å². The Labute approximate surface area is 154 Å². The zero-order valence-corrected chi connectivity index (χ0v) is 15.8. The maximum Gasteiger partial charge on any atom is 0.147 e. The summed E-state index contributed by atoms with van der Waals surface area (Å²) < 4.78 is 0. The molecule has 6 nitrogen and oxygen atoms in total. The second-order valence-electron chi connectivity index (χ2n) is 10.1. The molecule has 0 radical (unpaired) electrons. The number of aliphatic hydroxyl groups is 5. The lowest BCUT2D eigenvalue weighted by atomic mass is 9.38. The van der Waals surface area contributed by atoms with Crippen LogP contribution in [0.4, 0.5) is 0 Å². The van der Waals surface area contributed by atoms with E-state index in [2.05, 4.69) is 13.8 Å². The van der Waals surface area contributed by atoms with Crippen LogP contribution in [0.2, 0.25) is 0 Å². The van der Waals surface area contributed by atoms with E-state index >= 15 is 0 Å². The summed E-state index contributed by atoms with van der Waals surface area (Å²) in [7, 11) is 0. The number of carbonyl (C=O) groups is 1. The fourth-order valence-corrected chi connectivity index (χ4v) is 7.74. The summed E-state index contributed by atoms with van der Waals surface area (Å²) in [5.41, 5.74) is -2.83. The Morgan fingerprint density at radius 1 is 1.08 bits per heavy atom. The molecule has 26 heavy (non-hydrogen) atoms. The molecule has 0 heterocycles. The summed E-state index contributed by atoms with van der Waals surface area (Å²) in [5, 5.41) is 54.9. The van der Waals surface area contributed by atoms with Crippen molar-refractivity contribution in [2.24, 2.45) is 39.9 Å². The Morgan fingerprint density at radius 3 is 2.35 bits per heavy atom. The average Bonchev–Trinajstić information content (AvgIpc) is 2.70. The molecule has 10 atom stereocenters. The number of fused-ring (bicyclic) bond motifs is 3. The summed E-state index contributed by atoms with van der Waals surface area (Å²) in [6.07, 6.45) is -2.21. The van der Waals surface area contributed by atoms with Gasteiger partial charge in [0.15, 0.2) is 0 Å². The van der Waals surface area contributed by atoms with Crippen molar-refractivity contribution >= 4 is 5.78 Å². The number of hydrogen-bond acceptors (Lipinski definition) is 6. The molecule has 0 aliphatic heterocycles. The van der Waals surface area contributed by atoms with E-state index < -0.39 is 47.1 Å². The first-order valence-corrected chi connectivity index (χ1v) is 9.94. The third-order valence-corrected chi connectivity index (χ3v) is 8.93. The predicted octanol–water partition coefficient (Wildman–Crippen LogP) is 0.0899. The number of ketones is 1. The van der Waals surface area contributed by atoms with Crippen LogP contribution < -0.4 is 0 Å². The molecule has 1 spiro atoms. The molecule has 0 aromatic carbocycles. The van der Waals surface area contributed by atoms with Gasteiger partial charge < -0.3 is 25.5 Å². The van der Waals surface area contributed by atoms with Crippen LogP contribution in [0.5, 0.6) is 0 Å². The molecular weight excluding hydrogens is 336 g/mol. The Morgan fingerprint density at radius 2 is 1.73 bits per heavy atom. The smallest absolute Gasteiger partial charge is 0.147 e. The minimum absolute atomic E-state index is 0.217. The molecule has 148 valence electrons. The Bertz CT molecular complexity index is 619. The topological polar surface area (TPSA) is 118 Å². The highest BCUT2D eigenvalue weighted by molar-refractivity contribution is 5.92. The fraction of sp³-hybridized carbons (Fsp3) is 0.950. The highest BCUT2D eigenvalue weighted by Gasteiger charge is 2.78. The van der Waals surface area contributed by atoms with Gasteiger partial charge in [-0.1, -0.05) is 20.8 Å². The molecule has 2 bridgehead atoms. The lowest BCUT2D eigenvalue weighted by Crippen LogP contribution is -2.74. The molecule has 4 saturated carbocycles. The van der Waals surface area contributed by atoms with E-state index in [1.165, 1.54) is 0 Å². The maximum absolute atomic E-state index is 13.3. The van der Waals surface area contributed by atoms with Gasteiger partial charge in [-0.3, -0.25) is 4.79 Å². The van der Waals surface area contributed by atoms with Crippen molar-refractivity contribution < 1.29 is 30.3 Å². The van der Waals surface area contributed by atoms with Crippen molar-refractivity contribution in [1.29, 1.82) is 0 Å². The van der Waals surface area contributed by atoms with Crippen molar-refractivity contribution in [2.75, 3.05) is 6.61 Å². The van der Waals surface area contributed by atoms with Crippen LogP contribution in [-0.2, 0) is 4.79 Å². The SMILES string of the molecule is C[C@H]1C(=O)C23C(O)C[C@@H]4C(C)(C)CC[C@@H](O)[C@@]4(CO)[C@@H]2[C@@H](O)C[C@@H]1[C@H]3O. The minimum Gasteiger partial charge on any atom is -0.396 e. The molecule has 5 N–H and O–H groups in total. The molecular formula is C20H32O6. The van der Waals surface area contributed by atoms with Gasteiger partial charge in [-0.05, 0) is 42.9 Å². The number of carbonyl (C=O) groups excluding carboxylic acids is 1. The standard InChI is InChI=1S/C20H32O6/c1-9-10-6-11(22)15-19(8-21)12(18(2,3)5-4-13(19)23)7-14(24)20(15,16(9)25)17(10)26/h9-15,17,21-24,26H,4-8H2,1-3H3/t9-,10+,11+,12-,13-,14?,15+,17-,19+,20?/m1/s1. The van der Waals surface area contributed by atoms with Gasteiger partial charge in [0.25, 0.3) is 0 Å². The number of rotatable bonds is 1. The van der Waals surface area contributed by atoms with Crippen molar-refractivity contribution in [3.63, 3.8) is 0 Å². The summed E-state index contributed by atoms with van der Waals surface area (Å²) in [6.45, 7) is 5.52. The van der Waals surface area contributed by atoms with Crippen LogP contribution in [0, 0.1) is 39.9 Å². The first-order valence-electron chi connectivity index (χ1n) is 9.94. The van der Waals surface area contributed by atoms with Gasteiger partial charge in [-0.25, -0.2) is 0 Å². The molecule has 0 saturated heterocycles. The number of hydrogen-bond donors (Lipinski definition) is 5. The highest BCUT2D eigenvalue weighted by Crippen LogP contribution is 2.71. The van der Waals surface area contributed by atoms with E-state index in [9.17, 15) is 30.3 Å². The zero-order chi connectivity index (χ0) is 19.2. The van der Waals surface area contributed by atoms with E-state index in [1.54, 1.807) is 6.92 Å². The number of aliphatic hydroxyl groups excluding tert-OH is 5. The lowest BCUT2D eigenvalue weighted by Gasteiger charge is -2.67. The van der Waals surface area contributed by atoms with Gasteiger partial charge in [0, 0.05) is 17.3 Å². The van der Waals surface area contributed by atoms with Gasteiger partial charge in [0.2, 0.25) is 0 Å². The van der Waals surface area contributed by atoms with Crippen molar-refractivity contribution in [2.45, 2.75) is 70.9 Å². The summed E-state index contributed by atoms with van der Waals surface area (Å²) in [6, 6.07) is 0. The largest absolute Gasteiger partial charge is 0.396 e. The quantitative estimate of drug-likeness (QED) is 0.448. The van der Waals surface area contributed by atoms with Crippen molar-refractivity contribution in [3.8, 4) is 0 Å². The molecule has 0 aromatic rings. The van der Waals surface area contributed by atoms with E-state index in [0.717, 1.165) is 6.42 Å². The molecule has 0 aromatic heterocycles. The van der Waals surface area contributed by atoms with Crippen LogP contribution >= 0.6 is 0 Å². The van der Waals surface area contributed by atoms with Gasteiger partial charge in [0.05, 0.1) is 36.4 Å². The third-order valence-electron chi connectivity index (χ3n) is 8.93. The Balaban J connectivity index is 1.97. The van der Waals surface area contributed by atoms with Crippen LogP contribution in [0.15, 0.2) is 0 Å². The van der Waals surface area contributed by atoms with E-state index in [0.29, 0.717) is 6.42 Å². The molecule has 4 aliphatic rings. The van der Waals surface area contributed by atoms with Crippen molar-refractivity contribution in [3.05, 3.63) is 0 Å². The predicted molar refractivity (Wildman–Crippen MR) is 92.9 cm³/mol. The average molecular weight is 368 g/mol. The second kappa shape index (κ2) is 5.51. The monoisotopic (exact) mass is 368 g/mol. The molecule has 6 heteroatoms. The summed E-state index contributed by atoms with van der Waals surface area (Å²) in [4.78, 5) is 13.3. The molecule has 0 amide bonds. The van der Waals surface area contributed by atoms with Crippen LogP contribution in [0.25, 0.3) is 0 Å². The first-order chi connectivity index (χ1) is 12.1. The summed E-state index contributed by atoms with van der Waals surface area (Å²) in [5.74, 6) is -2.13. The maximum atomic E-state index is 13.3. The third kappa shape index (κ3) is 1.83. The van der Waals surface area contributed by atoms with Crippen LogP contribution in [-0.4, -0.2) is 62.3 Å². The van der Waals surface area contributed by atoms with E-state index in [-0.39, 0.29) is 42.5 Å². The van der Waals surface area contributed by atoms with E-state index in [1.807, 2.05) is 0 Å². The Kier molecular flexibility index (Phi) is 3.99. The first kappa shape index (κ1) is 18.8. The van der Waals surface area contributed by atoms with Gasteiger partial charge in [0.1, 0.15) is 5.78 Å². The molecule has 4 fully saturated rings. The van der Waals surface area contributed by atoms with Crippen LogP contribution in [0.3, 0.4) is 0 Å². The second-order valence-corrected chi connectivity index (χ2v) is 10.1. The fourth-order valence-electron chi connectivity index (χ4n) is 7.74. The van der Waals surface area contributed by atoms with E-state index in [4.69, 9.17) is 0 Å². The van der Waals surface area contributed by atoms with Gasteiger partial charge >= 0.3 is 0 Å². The summed E-state index contributed by atoms with van der Waals surface area (Å²) >= 11 is 0. The minimum atomic E-state index is -1.49. The van der Waals surface area contributed by atoms with Crippen molar-refractivity contribution in [1.82, 2.24) is 0 Å². The normalized spacial score (nSPS) is 58.2. The molecule has 2 unspecified atom stereocenters.